The third-order valence-electron chi connectivity index (χ3n) is 3.37. The van der Waals surface area contributed by atoms with E-state index in [-0.39, 0.29) is 5.54 Å². The van der Waals surface area contributed by atoms with Gasteiger partial charge in [0, 0.05) is 20.2 Å². The van der Waals surface area contributed by atoms with Crippen molar-refractivity contribution in [2.75, 3.05) is 6.54 Å². The van der Waals surface area contributed by atoms with Crippen LogP contribution in [-0.4, -0.2) is 20.2 Å². The van der Waals surface area contributed by atoms with Crippen molar-refractivity contribution in [3.05, 3.63) is 35.4 Å². The summed E-state index contributed by atoms with van der Waals surface area (Å²) in [6, 6.07) is 10.2. The summed E-state index contributed by atoms with van der Waals surface area (Å²) >= 11 is 0. The SMILES string of the molecule is Cc1ccccc1C(CNC(C)(C)C)C[Si](C)(C)C. The fourth-order valence-electron chi connectivity index (χ4n) is 2.51. The Kier molecular flexibility index (Phi) is 5.40. The number of hydrogen-bond donors (Lipinski definition) is 1. The van der Waals surface area contributed by atoms with Gasteiger partial charge >= 0.3 is 0 Å². The molecule has 0 radical (unpaired) electrons. The molecule has 0 spiro atoms. The largest absolute Gasteiger partial charge is 0.311 e. The molecular formula is C17H31NSi. The first-order valence-corrected chi connectivity index (χ1v) is 11.1. The van der Waals surface area contributed by atoms with Crippen LogP contribution in [0.2, 0.25) is 25.7 Å². The first-order chi connectivity index (χ1) is 8.58. The Hall–Kier alpha value is -0.603. The van der Waals surface area contributed by atoms with Crippen molar-refractivity contribution in [3.8, 4) is 0 Å². The quantitative estimate of drug-likeness (QED) is 0.762. The van der Waals surface area contributed by atoms with E-state index in [1.54, 1.807) is 0 Å². The van der Waals surface area contributed by atoms with E-state index in [4.69, 9.17) is 0 Å². The molecule has 1 aromatic rings. The van der Waals surface area contributed by atoms with E-state index in [2.05, 4.69) is 76.9 Å². The van der Waals surface area contributed by atoms with Crippen LogP contribution in [0.15, 0.2) is 24.3 Å². The van der Waals surface area contributed by atoms with Crippen LogP contribution < -0.4 is 5.32 Å². The molecule has 0 aliphatic rings. The first-order valence-electron chi connectivity index (χ1n) is 7.39. The van der Waals surface area contributed by atoms with E-state index in [1.165, 1.54) is 17.2 Å². The fraction of sp³-hybridized carbons (Fsp3) is 0.647. The molecule has 0 amide bonds. The monoisotopic (exact) mass is 277 g/mol. The van der Waals surface area contributed by atoms with Gasteiger partial charge in [-0.1, -0.05) is 43.9 Å². The van der Waals surface area contributed by atoms with Crippen molar-refractivity contribution >= 4 is 8.07 Å². The lowest BCUT2D eigenvalue weighted by Gasteiger charge is -2.30. The van der Waals surface area contributed by atoms with Crippen molar-refractivity contribution < 1.29 is 0 Å². The van der Waals surface area contributed by atoms with Crippen LogP contribution in [0.1, 0.15) is 37.8 Å². The summed E-state index contributed by atoms with van der Waals surface area (Å²) in [4.78, 5) is 0. The second-order valence-corrected chi connectivity index (χ2v) is 13.5. The maximum absolute atomic E-state index is 3.69. The highest BCUT2D eigenvalue weighted by molar-refractivity contribution is 6.76. The van der Waals surface area contributed by atoms with Gasteiger partial charge in [0.1, 0.15) is 0 Å². The van der Waals surface area contributed by atoms with Crippen molar-refractivity contribution in [1.29, 1.82) is 0 Å². The minimum Gasteiger partial charge on any atom is -0.311 e. The molecule has 19 heavy (non-hydrogen) atoms. The first kappa shape index (κ1) is 16.5. The number of nitrogens with one attached hydrogen (secondary N) is 1. The molecule has 108 valence electrons. The van der Waals surface area contributed by atoms with Crippen LogP contribution in [-0.2, 0) is 0 Å². The Balaban J connectivity index is 2.90. The average molecular weight is 278 g/mol. The predicted octanol–water partition coefficient (Wildman–Crippen LogP) is 4.80. The Morgan fingerprint density at radius 2 is 1.68 bits per heavy atom. The van der Waals surface area contributed by atoms with Gasteiger partial charge in [-0.2, -0.15) is 0 Å². The lowest BCUT2D eigenvalue weighted by Crippen LogP contribution is -2.40. The zero-order chi connectivity index (χ0) is 14.7. The van der Waals surface area contributed by atoms with Gasteiger partial charge in [-0.05, 0) is 50.8 Å². The molecule has 0 saturated heterocycles. The Bertz CT molecular complexity index is 398. The van der Waals surface area contributed by atoms with E-state index in [0.717, 1.165) is 6.54 Å². The fourth-order valence-corrected chi connectivity index (χ4v) is 4.35. The highest BCUT2D eigenvalue weighted by Gasteiger charge is 2.24. The van der Waals surface area contributed by atoms with Crippen LogP contribution in [0.3, 0.4) is 0 Å². The lowest BCUT2D eigenvalue weighted by molar-refractivity contribution is 0.411. The van der Waals surface area contributed by atoms with Crippen molar-refractivity contribution in [3.63, 3.8) is 0 Å². The zero-order valence-corrected chi connectivity index (χ0v) is 14.8. The van der Waals surface area contributed by atoms with Gasteiger partial charge in [0.25, 0.3) is 0 Å². The molecule has 0 aliphatic heterocycles. The predicted molar refractivity (Wildman–Crippen MR) is 89.8 cm³/mol. The molecule has 0 aliphatic carbocycles. The second-order valence-electron chi connectivity index (χ2n) is 7.95. The summed E-state index contributed by atoms with van der Waals surface area (Å²) in [7, 11) is -1.06. The summed E-state index contributed by atoms with van der Waals surface area (Å²) in [5.74, 6) is 0.645. The molecule has 1 atom stereocenters. The van der Waals surface area contributed by atoms with Crippen molar-refractivity contribution in [2.24, 2.45) is 0 Å². The third-order valence-corrected chi connectivity index (χ3v) is 5.08. The molecule has 0 heterocycles. The van der Waals surface area contributed by atoms with Crippen LogP contribution >= 0.6 is 0 Å². The van der Waals surface area contributed by atoms with Gasteiger partial charge in [-0.15, -0.1) is 0 Å². The van der Waals surface area contributed by atoms with Crippen LogP contribution in [0.4, 0.5) is 0 Å². The van der Waals surface area contributed by atoms with Gasteiger partial charge in [-0.3, -0.25) is 0 Å². The topological polar surface area (TPSA) is 12.0 Å². The highest BCUT2D eigenvalue weighted by Crippen LogP contribution is 2.28. The maximum Gasteiger partial charge on any atom is 0.0449 e. The number of benzene rings is 1. The van der Waals surface area contributed by atoms with Gasteiger partial charge in [0.2, 0.25) is 0 Å². The van der Waals surface area contributed by atoms with E-state index in [1.807, 2.05) is 0 Å². The summed E-state index contributed by atoms with van der Waals surface area (Å²) in [5.41, 5.74) is 3.16. The highest BCUT2D eigenvalue weighted by atomic mass is 28.3. The number of aryl methyl sites for hydroxylation is 1. The molecule has 0 saturated carbocycles. The Morgan fingerprint density at radius 1 is 1.11 bits per heavy atom. The number of rotatable bonds is 5. The maximum atomic E-state index is 3.69. The van der Waals surface area contributed by atoms with Gasteiger partial charge in [0.05, 0.1) is 0 Å². The standard InChI is InChI=1S/C17H31NSi/c1-14-10-8-9-11-16(14)15(13-19(5,6)7)12-18-17(2,3)4/h8-11,15,18H,12-13H2,1-7H3. The molecule has 2 heteroatoms. The van der Waals surface area contributed by atoms with Gasteiger partial charge < -0.3 is 5.32 Å². The van der Waals surface area contributed by atoms with E-state index in [0.29, 0.717) is 5.92 Å². The Morgan fingerprint density at radius 3 is 2.16 bits per heavy atom. The lowest BCUT2D eigenvalue weighted by atomic mass is 9.95. The van der Waals surface area contributed by atoms with Crippen molar-refractivity contribution in [1.82, 2.24) is 5.32 Å². The molecule has 0 bridgehead atoms. The third kappa shape index (κ3) is 6.39. The molecule has 1 unspecified atom stereocenters. The summed E-state index contributed by atoms with van der Waals surface area (Å²) in [6.07, 6.45) is 0. The minimum atomic E-state index is -1.06. The van der Waals surface area contributed by atoms with Gasteiger partial charge in [0.15, 0.2) is 0 Å². The number of hydrogen-bond acceptors (Lipinski definition) is 1. The average Bonchev–Trinajstić information content (AvgIpc) is 2.22. The van der Waals surface area contributed by atoms with Crippen molar-refractivity contribution in [2.45, 2.75) is 64.8 Å². The Labute approximate surface area is 120 Å². The van der Waals surface area contributed by atoms with Crippen LogP contribution in [0.5, 0.6) is 0 Å². The molecule has 0 aromatic heterocycles. The molecule has 1 rings (SSSR count). The van der Waals surface area contributed by atoms with E-state index < -0.39 is 8.07 Å². The molecule has 1 aromatic carbocycles. The van der Waals surface area contributed by atoms with Crippen LogP contribution in [0.25, 0.3) is 0 Å². The summed E-state index contributed by atoms with van der Waals surface area (Å²) in [6.45, 7) is 17.5. The second kappa shape index (κ2) is 6.23. The summed E-state index contributed by atoms with van der Waals surface area (Å²) < 4.78 is 0. The zero-order valence-electron chi connectivity index (χ0n) is 13.8. The molecular weight excluding hydrogens is 246 g/mol. The molecule has 0 fully saturated rings. The molecule has 1 N–H and O–H groups in total. The normalized spacial score (nSPS) is 14.5. The minimum absolute atomic E-state index is 0.195. The smallest absolute Gasteiger partial charge is 0.0449 e. The molecule has 1 nitrogen and oxygen atoms in total. The van der Waals surface area contributed by atoms with Gasteiger partial charge in [-0.25, -0.2) is 0 Å². The van der Waals surface area contributed by atoms with Crippen LogP contribution in [0, 0.1) is 6.92 Å². The summed E-state index contributed by atoms with van der Waals surface area (Å²) in [5, 5.41) is 3.69. The van der Waals surface area contributed by atoms with E-state index >= 15 is 0 Å². The van der Waals surface area contributed by atoms with E-state index in [9.17, 15) is 0 Å².